The van der Waals surface area contributed by atoms with Gasteiger partial charge in [-0.25, -0.2) is 18.4 Å². The van der Waals surface area contributed by atoms with E-state index in [2.05, 4.69) is 10.1 Å². The summed E-state index contributed by atoms with van der Waals surface area (Å²) in [6.45, 7) is 1.77. The van der Waals surface area contributed by atoms with Crippen LogP contribution >= 0.6 is 0 Å². The summed E-state index contributed by atoms with van der Waals surface area (Å²) >= 11 is 0. The van der Waals surface area contributed by atoms with Gasteiger partial charge in [-0.15, -0.1) is 5.10 Å². The van der Waals surface area contributed by atoms with Crippen molar-refractivity contribution in [3.63, 3.8) is 0 Å². The summed E-state index contributed by atoms with van der Waals surface area (Å²) in [6.07, 6.45) is -4.89. The lowest BCUT2D eigenvalue weighted by Gasteiger charge is -2.33. The Morgan fingerprint density at radius 2 is 2.04 bits per heavy atom. The van der Waals surface area contributed by atoms with E-state index < -0.39 is 41.6 Å². The van der Waals surface area contributed by atoms with Crippen LogP contribution in [0.1, 0.15) is 36.6 Å². The highest BCUT2D eigenvalue weighted by molar-refractivity contribution is 5.77. The van der Waals surface area contributed by atoms with E-state index in [4.69, 9.17) is 5.73 Å². The second-order valence-electron chi connectivity index (χ2n) is 6.68. The van der Waals surface area contributed by atoms with Crippen LogP contribution in [0.4, 0.5) is 22.0 Å². The van der Waals surface area contributed by atoms with E-state index in [9.17, 15) is 26.7 Å². The maximum absolute atomic E-state index is 13.7. The second kappa shape index (κ2) is 7.46. The van der Waals surface area contributed by atoms with Crippen molar-refractivity contribution in [2.45, 2.75) is 44.6 Å². The summed E-state index contributed by atoms with van der Waals surface area (Å²) in [4.78, 5) is 17.5. The lowest BCUT2D eigenvalue weighted by molar-refractivity contribution is -0.145. The highest BCUT2D eigenvalue weighted by Crippen LogP contribution is 2.30. The third-order valence-corrected chi connectivity index (χ3v) is 4.59. The fourth-order valence-corrected chi connectivity index (χ4v) is 3.22. The molecular weight excluding hydrogens is 385 g/mol. The Morgan fingerprint density at radius 3 is 2.71 bits per heavy atom. The van der Waals surface area contributed by atoms with Gasteiger partial charge in [0.15, 0.2) is 0 Å². The molecular formula is C17H18F5N5O. The number of alkyl halides is 3. The Kier molecular flexibility index (Phi) is 5.37. The lowest BCUT2D eigenvalue weighted by atomic mass is 10.0. The van der Waals surface area contributed by atoms with Crippen LogP contribution in [0.15, 0.2) is 18.2 Å². The average molecular weight is 403 g/mol. The van der Waals surface area contributed by atoms with Crippen LogP contribution in [-0.4, -0.2) is 38.2 Å². The maximum atomic E-state index is 13.7. The monoisotopic (exact) mass is 403 g/mol. The third-order valence-electron chi connectivity index (χ3n) is 4.59. The van der Waals surface area contributed by atoms with Crippen LogP contribution in [0.2, 0.25) is 0 Å². The molecule has 1 aromatic heterocycles. The zero-order chi connectivity index (χ0) is 20.6. The van der Waals surface area contributed by atoms with Gasteiger partial charge >= 0.3 is 6.18 Å². The fraction of sp³-hybridized carbons (Fsp3) is 0.471. The van der Waals surface area contributed by atoms with Crippen molar-refractivity contribution >= 4 is 5.91 Å². The zero-order valence-corrected chi connectivity index (χ0v) is 14.9. The van der Waals surface area contributed by atoms with E-state index in [1.54, 1.807) is 6.92 Å². The standard InChI is InChI=1S/C17H18F5N5O/c1-9-15-24-16(17(20,21)22)25-27(15)5-4-26(9)14(28)8-12(23)7-10-6-11(18)2-3-13(10)19/h2-3,6,9,12H,4-5,7-8,23H2,1H3/t9?,12-/m1/s1. The van der Waals surface area contributed by atoms with Crippen LogP contribution in [0.25, 0.3) is 0 Å². The number of hydrogen-bond acceptors (Lipinski definition) is 4. The number of fused-ring (bicyclic) bond motifs is 1. The Bertz CT molecular complexity index is 881. The number of nitrogens with two attached hydrogens (primary N) is 1. The van der Waals surface area contributed by atoms with Crippen LogP contribution in [-0.2, 0) is 23.9 Å². The Labute approximate surface area is 157 Å². The number of rotatable bonds is 4. The van der Waals surface area contributed by atoms with Crippen molar-refractivity contribution in [3.05, 3.63) is 47.0 Å². The molecule has 28 heavy (non-hydrogen) atoms. The molecule has 6 nitrogen and oxygen atoms in total. The number of nitrogens with zero attached hydrogens (tertiary/aromatic N) is 4. The zero-order valence-electron chi connectivity index (χ0n) is 14.9. The van der Waals surface area contributed by atoms with Crippen LogP contribution < -0.4 is 5.73 Å². The molecule has 1 aromatic carbocycles. The normalized spacial score (nSPS) is 18.1. The number of benzene rings is 1. The number of halogens is 5. The number of hydrogen-bond donors (Lipinski definition) is 1. The first-order chi connectivity index (χ1) is 13.1. The highest BCUT2D eigenvalue weighted by atomic mass is 19.4. The van der Waals surface area contributed by atoms with Crippen LogP contribution in [0, 0.1) is 11.6 Å². The first-order valence-corrected chi connectivity index (χ1v) is 8.57. The van der Waals surface area contributed by atoms with E-state index >= 15 is 0 Å². The minimum absolute atomic E-state index is 0.0386. The first kappa shape index (κ1) is 20.2. The summed E-state index contributed by atoms with van der Waals surface area (Å²) in [5.74, 6) is -2.85. The molecule has 0 spiro atoms. The van der Waals surface area contributed by atoms with Crippen LogP contribution in [0.3, 0.4) is 0 Å². The van der Waals surface area contributed by atoms with Gasteiger partial charge in [0.1, 0.15) is 17.5 Å². The molecule has 2 aromatic rings. The van der Waals surface area contributed by atoms with Crippen LogP contribution in [0.5, 0.6) is 0 Å². The van der Waals surface area contributed by atoms with Gasteiger partial charge in [0.05, 0.1) is 12.6 Å². The van der Waals surface area contributed by atoms with Gasteiger partial charge in [0, 0.05) is 19.0 Å². The van der Waals surface area contributed by atoms with Gasteiger partial charge in [0.2, 0.25) is 5.91 Å². The molecule has 1 aliphatic heterocycles. The topological polar surface area (TPSA) is 77.0 Å². The summed E-state index contributed by atoms with van der Waals surface area (Å²) in [5.41, 5.74) is 5.97. The average Bonchev–Trinajstić information content (AvgIpc) is 3.04. The van der Waals surface area contributed by atoms with Crippen molar-refractivity contribution in [3.8, 4) is 0 Å². The molecule has 0 fully saturated rings. The van der Waals surface area contributed by atoms with E-state index in [0.717, 1.165) is 22.9 Å². The van der Waals surface area contributed by atoms with E-state index in [1.165, 1.54) is 4.90 Å². The molecule has 11 heteroatoms. The predicted molar refractivity (Wildman–Crippen MR) is 87.8 cm³/mol. The van der Waals surface area contributed by atoms with Gasteiger partial charge in [-0.2, -0.15) is 13.2 Å². The Morgan fingerprint density at radius 1 is 1.32 bits per heavy atom. The number of aromatic nitrogens is 3. The molecule has 0 saturated heterocycles. The van der Waals surface area contributed by atoms with E-state index in [1.807, 2.05) is 0 Å². The largest absolute Gasteiger partial charge is 0.453 e. The molecule has 0 aliphatic carbocycles. The third kappa shape index (κ3) is 4.13. The molecule has 2 atom stereocenters. The number of amides is 1. The summed E-state index contributed by atoms with van der Waals surface area (Å²) < 4.78 is 66.5. The van der Waals surface area contributed by atoms with E-state index in [-0.39, 0.29) is 37.3 Å². The predicted octanol–water partition coefficient (Wildman–Crippen LogP) is 2.44. The SMILES string of the molecule is CC1c2nc(C(F)(F)F)nn2CCN1C(=O)C[C@H](N)Cc1cc(F)ccc1F. The molecule has 2 heterocycles. The van der Waals surface area contributed by atoms with Gasteiger partial charge in [-0.3, -0.25) is 4.79 Å². The second-order valence-corrected chi connectivity index (χ2v) is 6.68. The van der Waals surface area contributed by atoms with Crippen molar-refractivity contribution in [1.29, 1.82) is 0 Å². The molecule has 0 saturated carbocycles. The van der Waals surface area contributed by atoms with Gasteiger partial charge in [-0.05, 0) is 37.1 Å². The quantitative estimate of drug-likeness (QED) is 0.796. The molecule has 152 valence electrons. The summed E-state index contributed by atoms with van der Waals surface area (Å²) in [5, 5.41) is 3.44. The van der Waals surface area contributed by atoms with E-state index in [0.29, 0.717) is 0 Å². The molecule has 1 unspecified atom stereocenters. The molecule has 0 radical (unpaired) electrons. The number of carbonyl (C=O) groups is 1. The van der Waals surface area contributed by atoms with Gasteiger partial charge < -0.3 is 10.6 Å². The lowest BCUT2D eigenvalue weighted by Crippen LogP contribution is -2.43. The minimum Gasteiger partial charge on any atom is -0.331 e. The molecule has 0 bridgehead atoms. The highest BCUT2D eigenvalue weighted by Gasteiger charge is 2.40. The summed E-state index contributed by atoms with van der Waals surface area (Å²) in [6, 6.07) is 1.49. The molecule has 3 rings (SSSR count). The molecule has 1 amide bonds. The summed E-state index contributed by atoms with van der Waals surface area (Å²) in [7, 11) is 0. The fourth-order valence-electron chi connectivity index (χ4n) is 3.22. The Hall–Kier alpha value is -2.56. The van der Waals surface area contributed by atoms with Crippen molar-refractivity contribution in [1.82, 2.24) is 19.7 Å². The first-order valence-electron chi connectivity index (χ1n) is 8.57. The maximum Gasteiger partial charge on any atom is 0.453 e. The molecule has 1 aliphatic rings. The van der Waals surface area contributed by atoms with Gasteiger partial charge in [-0.1, -0.05) is 0 Å². The molecule has 2 N–H and O–H groups in total. The van der Waals surface area contributed by atoms with Gasteiger partial charge in [0.25, 0.3) is 5.82 Å². The van der Waals surface area contributed by atoms with Crippen molar-refractivity contribution in [2.24, 2.45) is 5.73 Å². The van der Waals surface area contributed by atoms with Crippen molar-refractivity contribution < 1.29 is 26.7 Å². The minimum atomic E-state index is -4.67. The van der Waals surface area contributed by atoms with Crippen molar-refractivity contribution in [2.75, 3.05) is 6.54 Å². The Balaban J connectivity index is 1.68. The number of carbonyl (C=O) groups excluding carboxylic acids is 1. The smallest absolute Gasteiger partial charge is 0.331 e.